The molecule has 3 heterocycles. The molecule has 0 radical (unpaired) electrons. The van der Waals surface area contributed by atoms with Crippen molar-refractivity contribution in [1.82, 2.24) is 9.13 Å². The van der Waals surface area contributed by atoms with E-state index in [0.717, 1.165) is 24.0 Å². The molecule has 0 bridgehead atoms. The number of aromatic nitrogens is 2. The van der Waals surface area contributed by atoms with Gasteiger partial charge in [0.25, 0.3) is 5.56 Å². The molecule has 6 nitrogen and oxygen atoms in total. The monoisotopic (exact) mass is 316 g/mol. The normalized spacial score (nSPS) is 17.7. The molecule has 0 aromatic carbocycles. The predicted molar refractivity (Wildman–Crippen MR) is 85.3 cm³/mol. The van der Waals surface area contributed by atoms with Gasteiger partial charge in [0, 0.05) is 25.5 Å². The summed E-state index contributed by atoms with van der Waals surface area (Å²) >= 11 is 1.65. The second-order valence-corrected chi connectivity index (χ2v) is 6.36. The van der Waals surface area contributed by atoms with E-state index >= 15 is 0 Å². The van der Waals surface area contributed by atoms with Crippen molar-refractivity contribution in [2.45, 2.75) is 18.9 Å². The minimum atomic E-state index is -0.530. The van der Waals surface area contributed by atoms with Crippen LogP contribution in [0.4, 0.5) is 5.82 Å². The summed E-state index contributed by atoms with van der Waals surface area (Å²) in [4.78, 5) is 27.7. The maximum Gasteiger partial charge on any atom is 0.332 e. The first-order valence-corrected chi connectivity index (χ1v) is 7.94. The number of thiophene rings is 1. The zero-order valence-electron chi connectivity index (χ0n) is 12.4. The van der Waals surface area contributed by atoms with Gasteiger partial charge in [0.1, 0.15) is 11.9 Å². The van der Waals surface area contributed by atoms with Crippen LogP contribution in [0.3, 0.4) is 0 Å². The Balaban J connectivity index is 2.22. The highest BCUT2D eigenvalue weighted by Crippen LogP contribution is 2.38. The number of rotatable bonds is 2. The van der Waals surface area contributed by atoms with Crippen LogP contribution in [0.5, 0.6) is 0 Å². The van der Waals surface area contributed by atoms with Crippen molar-refractivity contribution >= 4 is 17.2 Å². The first-order valence-electron chi connectivity index (χ1n) is 7.06. The Hall–Kier alpha value is -2.33. The third-order valence-electron chi connectivity index (χ3n) is 4.14. The second-order valence-electron chi connectivity index (χ2n) is 5.38. The van der Waals surface area contributed by atoms with Crippen LogP contribution in [0.1, 0.15) is 29.3 Å². The van der Waals surface area contributed by atoms with Gasteiger partial charge in [-0.15, -0.1) is 11.3 Å². The van der Waals surface area contributed by atoms with Crippen molar-refractivity contribution in [2.75, 3.05) is 11.4 Å². The molecule has 0 amide bonds. The van der Waals surface area contributed by atoms with E-state index in [2.05, 4.69) is 6.07 Å². The van der Waals surface area contributed by atoms with Crippen LogP contribution in [0.2, 0.25) is 0 Å². The molecule has 114 valence electrons. The van der Waals surface area contributed by atoms with Crippen molar-refractivity contribution < 1.29 is 0 Å². The smallest absolute Gasteiger partial charge is 0.332 e. The third-order valence-corrected chi connectivity index (χ3v) is 5.12. The fourth-order valence-corrected chi connectivity index (χ4v) is 3.94. The molecule has 0 unspecified atom stereocenters. The van der Waals surface area contributed by atoms with Gasteiger partial charge in [-0.3, -0.25) is 13.9 Å². The van der Waals surface area contributed by atoms with Crippen molar-refractivity contribution in [3.8, 4) is 6.07 Å². The van der Waals surface area contributed by atoms with Crippen LogP contribution in [-0.4, -0.2) is 15.7 Å². The van der Waals surface area contributed by atoms with Crippen molar-refractivity contribution in [3.63, 3.8) is 0 Å². The van der Waals surface area contributed by atoms with Crippen LogP contribution < -0.4 is 16.1 Å². The van der Waals surface area contributed by atoms with Gasteiger partial charge in [0.2, 0.25) is 0 Å². The van der Waals surface area contributed by atoms with Crippen LogP contribution >= 0.6 is 11.3 Å². The molecule has 2 aromatic heterocycles. The Morgan fingerprint density at radius 1 is 1.32 bits per heavy atom. The molecule has 0 saturated carbocycles. The molecular formula is C15H16N4O2S. The quantitative estimate of drug-likeness (QED) is 0.839. The number of hydrogen-bond donors (Lipinski definition) is 0. The summed E-state index contributed by atoms with van der Waals surface area (Å²) in [6.45, 7) is 0.734. The highest BCUT2D eigenvalue weighted by atomic mass is 32.1. The number of nitriles is 1. The first-order chi connectivity index (χ1) is 10.6. The molecule has 1 aliphatic heterocycles. The van der Waals surface area contributed by atoms with Crippen LogP contribution in [-0.2, 0) is 14.1 Å². The fraction of sp³-hybridized carbons (Fsp3) is 0.400. The molecule has 3 rings (SSSR count). The maximum absolute atomic E-state index is 12.2. The summed E-state index contributed by atoms with van der Waals surface area (Å²) in [7, 11) is 3.01. The van der Waals surface area contributed by atoms with Gasteiger partial charge < -0.3 is 4.90 Å². The average molecular weight is 316 g/mol. The van der Waals surface area contributed by atoms with Crippen molar-refractivity contribution in [2.24, 2.45) is 14.1 Å². The van der Waals surface area contributed by atoms with Gasteiger partial charge in [-0.05, 0) is 24.3 Å². The zero-order valence-corrected chi connectivity index (χ0v) is 13.3. The largest absolute Gasteiger partial charge is 0.349 e. The van der Waals surface area contributed by atoms with Crippen molar-refractivity contribution in [1.29, 1.82) is 5.26 Å². The maximum atomic E-state index is 12.2. The Labute approximate surface area is 131 Å². The van der Waals surface area contributed by atoms with Gasteiger partial charge in [-0.1, -0.05) is 6.07 Å². The topological polar surface area (TPSA) is 71.0 Å². The SMILES string of the molecule is Cn1c(N2CCC[C@@H]2c2cccs2)c(C#N)c(=O)n(C)c1=O. The summed E-state index contributed by atoms with van der Waals surface area (Å²) < 4.78 is 2.39. The van der Waals surface area contributed by atoms with E-state index in [0.29, 0.717) is 5.82 Å². The Morgan fingerprint density at radius 2 is 2.09 bits per heavy atom. The number of anilines is 1. The second kappa shape index (κ2) is 5.46. The van der Waals surface area contributed by atoms with E-state index in [1.807, 2.05) is 22.4 Å². The summed E-state index contributed by atoms with van der Waals surface area (Å²) in [5, 5.41) is 11.4. The Morgan fingerprint density at radius 3 is 2.73 bits per heavy atom. The molecule has 1 fully saturated rings. The standard InChI is InChI=1S/C15H16N4O2S/c1-17-13(10(9-16)14(20)18(2)15(17)21)19-7-3-5-11(19)12-6-4-8-22-12/h4,6,8,11H,3,5,7H2,1-2H3/t11-/m1/s1. The highest BCUT2D eigenvalue weighted by Gasteiger charge is 2.31. The lowest BCUT2D eigenvalue weighted by atomic mass is 10.1. The molecular weight excluding hydrogens is 300 g/mol. The Bertz CT molecular complexity index is 857. The van der Waals surface area contributed by atoms with Gasteiger partial charge in [-0.25, -0.2) is 4.79 Å². The molecule has 7 heteroatoms. The van der Waals surface area contributed by atoms with E-state index in [-0.39, 0.29) is 11.6 Å². The lowest BCUT2D eigenvalue weighted by Gasteiger charge is -2.28. The minimum Gasteiger partial charge on any atom is -0.349 e. The zero-order chi connectivity index (χ0) is 15.9. The van der Waals surface area contributed by atoms with E-state index in [4.69, 9.17) is 0 Å². The molecule has 2 aromatic rings. The van der Waals surface area contributed by atoms with Crippen LogP contribution in [0.15, 0.2) is 27.1 Å². The molecule has 1 atom stereocenters. The summed E-state index contributed by atoms with van der Waals surface area (Å²) in [6.07, 6.45) is 1.92. The summed E-state index contributed by atoms with van der Waals surface area (Å²) in [5.41, 5.74) is -0.902. The molecule has 0 spiro atoms. The summed E-state index contributed by atoms with van der Waals surface area (Å²) in [6, 6.07) is 6.14. The van der Waals surface area contributed by atoms with Gasteiger partial charge in [-0.2, -0.15) is 5.26 Å². The van der Waals surface area contributed by atoms with Gasteiger partial charge >= 0.3 is 5.69 Å². The van der Waals surface area contributed by atoms with Crippen LogP contribution in [0, 0.1) is 11.3 Å². The Kier molecular flexibility index (Phi) is 3.62. The molecule has 22 heavy (non-hydrogen) atoms. The molecule has 0 N–H and O–H groups in total. The number of hydrogen-bond acceptors (Lipinski definition) is 5. The highest BCUT2D eigenvalue weighted by molar-refractivity contribution is 7.10. The fourth-order valence-electron chi connectivity index (χ4n) is 3.06. The predicted octanol–water partition coefficient (Wildman–Crippen LogP) is 1.36. The van der Waals surface area contributed by atoms with E-state index in [1.54, 1.807) is 18.4 Å². The van der Waals surface area contributed by atoms with Gasteiger partial charge in [0.15, 0.2) is 5.56 Å². The third kappa shape index (κ3) is 2.07. The lowest BCUT2D eigenvalue weighted by molar-refractivity contribution is 0.642. The minimum absolute atomic E-state index is 0.0352. The van der Waals surface area contributed by atoms with Crippen LogP contribution in [0.25, 0.3) is 0 Å². The van der Waals surface area contributed by atoms with E-state index in [9.17, 15) is 14.9 Å². The number of nitrogens with zero attached hydrogens (tertiary/aromatic N) is 4. The van der Waals surface area contributed by atoms with E-state index in [1.165, 1.54) is 16.5 Å². The first kappa shape index (κ1) is 14.6. The van der Waals surface area contributed by atoms with Gasteiger partial charge in [0.05, 0.1) is 6.04 Å². The van der Waals surface area contributed by atoms with Crippen molar-refractivity contribution in [3.05, 3.63) is 48.8 Å². The summed E-state index contributed by atoms with van der Waals surface area (Å²) in [5.74, 6) is 0.437. The lowest BCUT2D eigenvalue weighted by Crippen LogP contribution is -2.42. The van der Waals surface area contributed by atoms with E-state index < -0.39 is 11.2 Å². The molecule has 1 aliphatic rings. The molecule has 0 aliphatic carbocycles. The average Bonchev–Trinajstić information content (AvgIpc) is 3.18. The molecule has 1 saturated heterocycles.